The summed E-state index contributed by atoms with van der Waals surface area (Å²) in [5, 5.41) is 13.6. The van der Waals surface area contributed by atoms with Gasteiger partial charge in [-0.25, -0.2) is 4.79 Å². The van der Waals surface area contributed by atoms with Crippen LogP contribution in [0.2, 0.25) is 0 Å². The molecule has 1 saturated carbocycles. The minimum Gasteiger partial charge on any atom is -0.493 e. The third kappa shape index (κ3) is 5.61. The van der Waals surface area contributed by atoms with Gasteiger partial charge in [0.15, 0.2) is 11.5 Å². The molecule has 0 amide bonds. The fraction of sp³-hybridized carbons (Fsp3) is 0.632. The molecular formula is C19H29NO5. The van der Waals surface area contributed by atoms with Crippen LogP contribution in [0.25, 0.3) is 0 Å². The topological polar surface area (TPSA) is 77.0 Å². The summed E-state index contributed by atoms with van der Waals surface area (Å²) in [7, 11) is 2.83. The Morgan fingerprint density at radius 3 is 2.72 bits per heavy atom. The molecule has 0 unspecified atom stereocenters. The lowest BCUT2D eigenvalue weighted by Gasteiger charge is -2.30. The number of rotatable bonds is 8. The molecule has 0 heterocycles. The number of aliphatic hydroxyl groups excluding tert-OH is 1. The highest BCUT2D eigenvalue weighted by Crippen LogP contribution is 2.28. The summed E-state index contributed by atoms with van der Waals surface area (Å²) in [5.74, 6) is 1.13. The van der Waals surface area contributed by atoms with Gasteiger partial charge in [-0.1, -0.05) is 19.8 Å². The summed E-state index contributed by atoms with van der Waals surface area (Å²) in [6.07, 6.45) is 4.34. The number of aliphatic hydroxyl groups is 1. The van der Waals surface area contributed by atoms with Crippen molar-refractivity contribution in [3.8, 4) is 11.5 Å². The van der Waals surface area contributed by atoms with Gasteiger partial charge in [-0.05, 0) is 37.0 Å². The van der Waals surface area contributed by atoms with E-state index >= 15 is 0 Å². The minimum absolute atomic E-state index is 0.155. The van der Waals surface area contributed by atoms with E-state index in [-0.39, 0.29) is 6.61 Å². The Labute approximate surface area is 149 Å². The van der Waals surface area contributed by atoms with E-state index in [9.17, 15) is 9.90 Å². The molecule has 6 heteroatoms. The largest absolute Gasteiger partial charge is 0.493 e. The Hall–Kier alpha value is -1.79. The van der Waals surface area contributed by atoms with Crippen molar-refractivity contribution in [1.29, 1.82) is 0 Å². The van der Waals surface area contributed by atoms with Crippen molar-refractivity contribution in [2.24, 2.45) is 5.92 Å². The standard InChI is InChI=1S/C19H29NO5/c1-13-6-4-5-7-16(13)20-11-15(21)12-25-17-9-8-14(19(22)24-3)10-18(17)23-2/h8-10,13,15-16,20-21H,4-7,11-12H2,1-3H3/t13-,15+,16+/m0/s1. The number of hydrogen-bond donors (Lipinski definition) is 2. The van der Waals surface area contributed by atoms with E-state index in [0.29, 0.717) is 35.6 Å². The van der Waals surface area contributed by atoms with Crippen LogP contribution in [-0.2, 0) is 4.74 Å². The third-order valence-corrected chi connectivity index (χ3v) is 4.74. The van der Waals surface area contributed by atoms with Crippen LogP contribution in [-0.4, -0.2) is 50.6 Å². The number of esters is 1. The van der Waals surface area contributed by atoms with Crippen molar-refractivity contribution in [2.45, 2.75) is 44.8 Å². The molecule has 0 saturated heterocycles. The first-order chi connectivity index (χ1) is 12.0. The van der Waals surface area contributed by atoms with Gasteiger partial charge in [0.05, 0.1) is 19.8 Å². The molecule has 2 rings (SSSR count). The number of nitrogens with one attached hydrogen (secondary N) is 1. The maximum absolute atomic E-state index is 11.6. The molecule has 0 radical (unpaired) electrons. The summed E-state index contributed by atoms with van der Waals surface area (Å²) >= 11 is 0. The molecule has 0 aliphatic heterocycles. The molecule has 6 nitrogen and oxygen atoms in total. The SMILES string of the molecule is COC(=O)c1ccc(OC[C@H](O)CN[C@@H]2CCCC[C@@H]2C)c(OC)c1. The van der Waals surface area contributed by atoms with E-state index < -0.39 is 12.1 Å². The third-order valence-electron chi connectivity index (χ3n) is 4.74. The smallest absolute Gasteiger partial charge is 0.337 e. The van der Waals surface area contributed by atoms with Crippen LogP contribution in [0.4, 0.5) is 0 Å². The van der Waals surface area contributed by atoms with Crippen molar-refractivity contribution in [3.05, 3.63) is 23.8 Å². The average molecular weight is 351 g/mol. The Morgan fingerprint density at radius 2 is 2.04 bits per heavy atom. The first-order valence-electron chi connectivity index (χ1n) is 8.85. The molecular weight excluding hydrogens is 322 g/mol. The van der Waals surface area contributed by atoms with E-state index in [2.05, 4.69) is 17.0 Å². The van der Waals surface area contributed by atoms with Gasteiger partial charge in [-0.15, -0.1) is 0 Å². The predicted molar refractivity (Wildman–Crippen MR) is 95.3 cm³/mol. The molecule has 1 aromatic carbocycles. The Bertz CT molecular complexity index is 563. The van der Waals surface area contributed by atoms with Crippen LogP contribution in [0.15, 0.2) is 18.2 Å². The van der Waals surface area contributed by atoms with Gasteiger partial charge >= 0.3 is 5.97 Å². The highest BCUT2D eigenvalue weighted by molar-refractivity contribution is 5.90. The second-order valence-electron chi connectivity index (χ2n) is 6.60. The summed E-state index contributed by atoms with van der Waals surface area (Å²) < 4.78 is 15.6. The maximum Gasteiger partial charge on any atom is 0.337 e. The van der Waals surface area contributed by atoms with Crippen LogP contribution < -0.4 is 14.8 Å². The van der Waals surface area contributed by atoms with Gasteiger partial charge in [0.25, 0.3) is 0 Å². The van der Waals surface area contributed by atoms with Crippen LogP contribution in [0, 0.1) is 5.92 Å². The lowest BCUT2D eigenvalue weighted by Crippen LogP contribution is -2.42. The molecule has 25 heavy (non-hydrogen) atoms. The van der Waals surface area contributed by atoms with Gasteiger partial charge in [0.2, 0.25) is 0 Å². The lowest BCUT2D eigenvalue weighted by atomic mass is 9.86. The minimum atomic E-state index is -0.612. The van der Waals surface area contributed by atoms with Gasteiger partial charge in [-0.2, -0.15) is 0 Å². The highest BCUT2D eigenvalue weighted by Gasteiger charge is 2.21. The number of benzene rings is 1. The maximum atomic E-state index is 11.6. The average Bonchev–Trinajstić information content (AvgIpc) is 2.64. The van der Waals surface area contributed by atoms with Gasteiger partial charge < -0.3 is 24.6 Å². The summed E-state index contributed by atoms with van der Waals surface area (Å²) in [4.78, 5) is 11.6. The van der Waals surface area contributed by atoms with E-state index in [0.717, 1.165) is 6.42 Å². The first kappa shape index (κ1) is 19.5. The number of carbonyl (C=O) groups excluding carboxylic acids is 1. The van der Waals surface area contributed by atoms with E-state index in [4.69, 9.17) is 9.47 Å². The number of methoxy groups -OCH3 is 2. The van der Waals surface area contributed by atoms with Crippen LogP contribution >= 0.6 is 0 Å². The molecule has 0 aromatic heterocycles. The van der Waals surface area contributed by atoms with Crippen molar-refractivity contribution in [1.82, 2.24) is 5.32 Å². The summed E-state index contributed by atoms with van der Waals surface area (Å²) in [6, 6.07) is 5.29. The Balaban J connectivity index is 1.84. The van der Waals surface area contributed by atoms with E-state index in [1.165, 1.54) is 33.5 Å². The van der Waals surface area contributed by atoms with Gasteiger partial charge in [0, 0.05) is 12.6 Å². The molecule has 1 aliphatic carbocycles. The van der Waals surface area contributed by atoms with Crippen LogP contribution in [0.1, 0.15) is 43.0 Å². The van der Waals surface area contributed by atoms with E-state index in [1.54, 1.807) is 18.2 Å². The Kier molecular flexibility index (Phi) is 7.52. The van der Waals surface area contributed by atoms with E-state index in [1.807, 2.05) is 0 Å². The molecule has 1 aliphatic rings. The second-order valence-corrected chi connectivity index (χ2v) is 6.60. The number of hydrogen-bond acceptors (Lipinski definition) is 6. The number of carbonyl (C=O) groups is 1. The zero-order valence-electron chi connectivity index (χ0n) is 15.3. The van der Waals surface area contributed by atoms with Gasteiger partial charge in [-0.3, -0.25) is 0 Å². The van der Waals surface area contributed by atoms with Crippen molar-refractivity contribution >= 4 is 5.97 Å². The van der Waals surface area contributed by atoms with Gasteiger partial charge in [0.1, 0.15) is 12.7 Å². The normalized spacial score (nSPS) is 21.4. The van der Waals surface area contributed by atoms with Crippen molar-refractivity contribution in [2.75, 3.05) is 27.4 Å². The van der Waals surface area contributed by atoms with Crippen molar-refractivity contribution < 1.29 is 24.1 Å². The second kappa shape index (κ2) is 9.63. The zero-order chi connectivity index (χ0) is 18.2. The monoisotopic (exact) mass is 351 g/mol. The molecule has 1 aromatic rings. The fourth-order valence-corrected chi connectivity index (χ4v) is 3.18. The summed E-state index contributed by atoms with van der Waals surface area (Å²) in [5.41, 5.74) is 0.389. The summed E-state index contributed by atoms with van der Waals surface area (Å²) in [6.45, 7) is 2.91. The van der Waals surface area contributed by atoms with Crippen LogP contribution in [0.3, 0.4) is 0 Å². The lowest BCUT2D eigenvalue weighted by molar-refractivity contribution is 0.0600. The Morgan fingerprint density at radius 1 is 1.28 bits per heavy atom. The molecule has 2 N–H and O–H groups in total. The highest BCUT2D eigenvalue weighted by atomic mass is 16.5. The number of ether oxygens (including phenoxy) is 3. The molecule has 0 bridgehead atoms. The van der Waals surface area contributed by atoms with Crippen LogP contribution in [0.5, 0.6) is 11.5 Å². The molecule has 140 valence electrons. The van der Waals surface area contributed by atoms with Crippen molar-refractivity contribution in [3.63, 3.8) is 0 Å². The first-order valence-corrected chi connectivity index (χ1v) is 8.85. The fourth-order valence-electron chi connectivity index (χ4n) is 3.18. The zero-order valence-corrected chi connectivity index (χ0v) is 15.3. The molecule has 1 fully saturated rings. The molecule has 0 spiro atoms. The predicted octanol–water partition coefficient (Wildman–Crippen LogP) is 2.39. The quantitative estimate of drug-likeness (QED) is 0.701. The molecule has 3 atom stereocenters.